The minimum Gasteiger partial charge on any atom is -0.453 e. The molecule has 0 bridgehead atoms. The Hall–Kier alpha value is -4.87. The molecule has 0 aliphatic rings. The van der Waals surface area contributed by atoms with Crippen molar-refractivity contribution in [2.24, 2.45) is 10.8 Å². The van der Waals surface area contributed by atoms with E-state index in [9.17, 15) is 59.4 Å². The van der Waals surface area contributed by atoms with Crippen LogP contribution in [-0.4, -0.2) is 111 Å². The lowest BCUT2D eigenvalue weighted by atomic mass is 9.83. The zero-order valence-electron chi connectivity index (χ0n) is 30.1. The summed E-state index contributed by atoms with van der Waals surface area (Å²) in [5, 5.41) is 26.7. The van der Waals surface area contributed by atoms with Crippen molar-refractivity contribution in [3.05, 3.63) is 47.2 Å². The molecule has 0 spiro atoms. The number of methoxy groups -OCH3 is 2. The zero-order chi connectivity index (χ0) is 42.7. The van der Waals surface area contributed by atoms with Crippen molar-refractivity contribution < 1.29 is 77.7 Å². The summed E-state index contributed by atoms with van der Waals surface area (Å²) in [6, 6.07) is -3.63. The molecule has 1 rings (SSSR count). The summed E-state index contributed by atoms with van der Waals surface area (Å²) >= 11 is 0. The molecule has 0 fully saturated rings. The number of alkyl carbamates (subject to hydrolysis) is 2. The van der Waals surface area contributed by atoms with Gasteiger partial charge in [-0.15, -0.1) is 0 Å². The number of benzene rings is 1. The summed E-state index contributed by atoms with van der Waals surface area (Å²) in [4.78, 5) is 49.9. The number of halogens is 10. The van der Waals surface area contributed by atoms with E-state index in [0.717, 1.165) is 26.5 Å². The monoisotopic (exact) mass is 813 g/mol. The van der Waals surface area contributed by atoms with Crippen molar-refractivity contribution in [2.45, 2.75) is 71.2 Å². The molecule has 0 aliphatic heterocycles. The molecule has 1 aromatic rings. The average molecular weight is 814 g/mol. The molecule has 7 N–H and O–H groups in total. The molecule has 24 heteroatoms. The number of rotatable bonds is 18. The van der Waals surface area contributed by atoms with Gasteiger partial charge in [-0.05, 0) is 52.1 Å². The van der Waals surface area contributed by atoms with Gasteiger partial charge in [-0.3, -0.25) is 15.0 Å². The van der Waals surface area contributed by atoms with Crippen LogP contribution in [0.5, 0.6) is 0 Å². The number of hydrogen-bond acceptors (Lipinski definition) is 10. The number of nitrogens with zero attached hydrogens (tertiary/aromatic N) is 1. The first-order chi connectivity index (χ1) is 25.1. The van der Waals surface area contributed by atoms with Gasteiger partial charge in [0.2, 0.25) is 5.91 Å². The fourth-order valence-corrected chi connectivity index (χ4v) is 4.33. The summed E-state index contributed by atoms with van der Waals surface area (Å²) in [5.74, 6) is -6.01. The molecule has 4 amide bonds. The first kappa shape index (κ1) is 48.1. The number of alkyl halides is 8. The minimum atomic E-state index is -5.18. The molecule has 1 aromatic carbocycles. The minimum absolute atomic E-state index is 0.418. The topological polar surface area (TPSA) is 194 Å². The highest BCUT2D eigenvalue weighted by molar-refractivity contribution is 6.06. The van der Waals surface area contributed by atoms with Crippen LogP contribution in [0.3, 0.4) is 0 Å². The van der Waals surface area contributed by atoms with Gasteiger partial charge >= 0.3 is 24.5 Å². The fraction of sp³-hybridized carbons (Fsp3) is 0.581. The van der Waals surface area contributed by atoms with E-state index in [-0.39, 0.29) is 0 Å². The quantitative estimate of drug-likeness (QED) is 0.0659. The lowest BCUT2D eigenvalue weighted by Crippen LogP contribution is -2.62. The Balaban J connectivity index is 3.54. The lowest BCUT2D eigenvalue weighted by molar-refractivity contribution is -0.221. The number of hydrogen-bond donors (Lipinski definition) is 7. The number of nitrogens with one attached hydrogen (secondary N) is 6. The normalized spacial score (nSPS) is 14.2. The van der Waals surface area contributed by atoms with Crippen LogP contribution in [0.4, 0.5) is 53.5 Å². The summed E-state index contributed by atoms with van der Waals surface area (Å²) < 4.78 is 147. The number of carbonyl (C=O) groups excluding carboxylic acids is 4. The highest BCUT2D eigenvalue weighted by Gasteiger charge is 2.57. The number of allylic oxidation sites excluding steroid dienone is 1. The molecular weight excluding hydrogens is 772 g/mol. The van der Waals surface area contributed by atoms with E-state index in [0.29, 0.717) is 44.8 Å². The fourth-order valence-electron chi connectivity index (χ4n) is 4.33. The molecule has 14 nitrogen and oxygen atoms in total. The molecule has 0 saturated carbocycles. The highest BCUT2D eigenvalue weighted by atomic mass is 19.4. The molecule has 0 heterocycles. The first-order valence-corrected chi connectivity index (χ1v) is 15.7. The molecule has 0 radical (unpaired) electrons. The molecule has 1 unspecified atom stereocenters. The molecular formula is C31H41F10N7O7. The van der Waals surface area contributed by atoms with Crippen molar-refractivity contribution >= 4 is 29.7 Å². The Bertz CT molecular complexity index is 1530. The Morgan fingerprint density at radius 2 is 1.29 bits per heavy atom. The third-order valence-electron chi connectivity index (χ3n) is 7.98. The van der Waals surface area contributed by atoms with Crippen LogP contribution < -0.4 is 26.7 Å². The maximum Gasteiger partial charge on any atom is 0.407 e. The van der Waals surface area contributed by atoms with Crippen molar-refractivity contribution in [3.8, 4) is 0 Å². The van der Waals surface area contributed by atoms with E-state index in [1.807, 2.05) is 10.7 Å². The average Bonchev–Trinajstić information content (AvgIpc) is 3.06. The number of aliphatic hydroxyl groups excluding tert-OH is 1. The Morgan fingerprint density at radius 3 is 1.71 bits per heavy atom. The maximum atomic E-state index is 15.3. The maximum absolute atomic E-state index is 15.3. The number of aliphatic hydroxyl groups is 1. The van der Waals surface area contributed by atoms with Crippen molar-refractivity contribution in [1.29, 1.82) is 5.41 Å². The van der Waals surface area contributed by atoms with E-state index in [4.69, 9.17) is 5.41 Å². The van der Waals surface area contributed by atoms with E-state index in [1.54, 1.807) is 10.6 Å². The molecule has 0 aromatic heterocycles. The van der Waals surface area contributed by atoms with Crippen molar-refractivity contribution in [1.82, 2.24) is 31.7 Å². The smallest absolute Gasteiger partial charge is 0.407 e. The van der Waals surface area contributed by atoms with Gasteiger partial charge in [-0.1, -0.05) is 0 Å². The number of carbonyl (C=O) groups is 4. The van der Waals surface area contributed by atoms with Gasteiger partial charge in [0.05, 0.1) is 43.4 Å². The van der Waals surface area contributed by atoms with Gasteiger partial charge in [0.1, 0.15) is 23.7 Å². The molecule has 0 saturated heterocycles. The van der Waals surface area contributed by atoms with Gasteiger partial charge in [-0.25, -0.2) is 32.2 Å². The van der Waals surface area contributed by atoms with Crippen LogP contribution in [0, 0.1) is 27.9 Å². The summed E-state index contributed by atoms with van der Waals surface area (Å²) in [7, 11) is 1.57. The number of amides is 4. The third kappa shape index (κ3) is 13.7. The van der Waals surface area contributed by atoms with Gasteiger partial charge in [0, 0.05) is 30.8 Å². The van der Waals surface area contributed by atoms with E-state index in [1.165, 1.54) is 0 Å². The SMILES string of the molecule is COC(=O)NC(C(=O)NC[C@@H](O)CN(Cc1c(F)cc(C(=N)/C=C\NCC(F)F)cc1F)NC(=O)[C@@H](NC(=O)OC)C(C)(C)C(F)(F)F)C(C)(C)C(F)(F)F. The van der Waals surface area contributed by atoms with E-state index < -0.39 is 126 Å². The first-order valence-electron chi connectivity index (χ1n) is 15.7. The predicted octanol–water partition coefficient (Wildman–Crippen LogP) is 3.64. The molecule has 0 aliphatic carbocycles. The summed E-state index contributed by atoms with van der Waals surface area (Å²) in [6.45, 7) is -1.73. The zero-order valence-corrected chi connectivity index (χ0v) is 30.1. The van der Waals surface area contributed by atoms with Crippen molar-refractivity contribution in [3.63, 3.8) is 0 Å². The van der Waals surface area contributed by atoms with Crippen LogP contribution >= 0.6 is 0 Å². The van der Waals surface area contributed by atoms with Crippen LogP contribution in [0.15, 0.2) is 24.4 Å². The predicted molar refractivity (Wildman–Crippen MR) is 172 cm³/mol. The third-order valence-corrected chi connectivity index (χ3v) is 7.98. The molecule has 312 valence electrons. The van der Waals surface area contributed by atoms with Crippen molar-refractivity contribution in [2.75, 3.05) is 33.9 Å². The highest BCUT2D eigenvalue weighted by Crippen LogP contribution is 2.41. The van der Waals surface area contributed by atoms with Gasteiger partial charge in [-0.2, -0.15) is 26.3 Å². The van der Waals surface area contributed by atoms with Crippen LogP contribution in [-0.2, 0) is 25.6 Å². The number of hydrazine groups is 1. The van der Waals surface area contributed by atoms with E-state index >= 15 is 8.78 Å². The molecule has 3 atom stereocenters. The Kier molecular flexibility index (Phi) is 17.2. The second kappa shape index (κ2) is 19.6. The Labute approximate surface area is 307 Å². The molecule has 55 heavy (non-hydrogen) atoms. The van der Waals surface area contributed by atoms with Gasteiger partial charge in [0.25, 0.3) is 12.3 Å². The Morgan fingerprint density at radius 1 is 0.836 bits per heavy atom. The van der Waals surface area contributed by atoms with Crippen LogP contribution in [0.25, 0.3) is 0 Å². The van der Waals surface area contributed by atoms with Gasteiger partial charge < -0.3 is 41.3 Å². The standard InChI is InChI=1S/C31H41F10N7O7/c1-28(2,30(36,37)38)22(45-26(52)54-5)24(50)44-11-16(49)13-48(47-25(51)23(46-27(53)55-6)29(3,4)31(39,40)41)14-17-18(32)9-15(10-19(17)33)20(42)7-8-43-12-21(34)35/h7-10,16,21-23,42-43,49H,11-14H2,1-6H3,(H,44,50)(H,45,52)(H,46,53)(H,47,51)/b8-7-,42-20?/t16-,22?,23-/m1/s1. The van der Waals surface area contributed by atoms with E-state index in [2.05, 4.69) is 14.8 Å². The van der Waals surface area contributed by atoms with Crippen LogP contribution in [0.2, 0.25) is 0 Å². The summed E-state index contributed by atoms with van der Waals surface area (Å²) in [6.07, 6.45) is -16.1. The summed E-state index contributed by atoms with van der Waals surface area (Å²) in [5.41, 5.74) is -5.99. The van der Waals surface area contributed by atoms with Crippen LogP contribution in [0.1, 0.15) is 38.8 Å². The second-order valence-corrected chi connectivity index (χ2v) is 12.8. The largest absolute Gasteiger partial charge is 0.453 e. The second-order valence-electron chi connectivity index (χ2n) is 12.8. The lowest BCUT2D eigenvalue weighted by Gasteiger charge is -2.37. The van der Waals surface area contributed by atoms with Gasteiger partial charge in [0.15, 0.2) is 0 Å². The number of ether oxygens (including phenoxy) is 2.